The van der Waals surface area contributed by atoms with Crippen LogP contribution in [0.1, 0.15) is 6.42 Å². The van der Waals surface area contributed by atoms with Gasteiger partial charge in [0.1, 0.15) is 17.2 Å². The lowest BCUT2D eigenvalue weighted by molar-refractivity contribution is -0.124. The molecule has 0 unspecified atom stereocenters. The second-order valence-electron chi connectivity index (χ2n) is 4.55. The maximum atomic E-state index is 12.6. The van der Waals surface area contributed by atoms with Crippen molar-refractivity contribution >= 4 is 5.91 Å². The molecule has 0 spiro atoms. The van der Waals surface area contributed by atoms with Crippen LogP contribution in [0.2, 0.25) is 0 Å². The van der Waals surface area contributed by atoms with E-state index in [9.17, 15) is 14.3 Å². The maximum absolute atomic E-state index is 12.6. The first-order valence-corrected chi connectivity index (χ1v) is 6.03. The highest BCUT2D eigenvalue weighted by Crippen LogP contribution is 2.16. The van der Waals surface area contributed by atoms with Crippen LogP contribution in [-0.4, -0.2) is 43.0 Å². The third-order valence-electron chi connectivity index (χ3n) is 2.88. The molecule has 1 fully saturated rings. The summed E-state index contributed by atoms with van der Waals surface area (Å²) < 4.78 is 22.9. The molecule has 0 aliphatic carbocycles. The van der Waals surface area contributed by atoms with E-state index in [0.29, 0.717) is 18.8 Å². The number of amides is 1. The summed E-state index contributed by atoms with van der Waals surface area (Å²) in [6.45, 7) is 0.686. The number of nitrogens with one attached hydrogen (secondary N) is 1. The molecule has 1 amide bonds. The molecule has 1 saturated heterocycles. The molecule has 0 bridgehead atoms. The van der Waals surface area contributed by atoms with Gasteiger partial charge in [0.05, 0.1) is 6.61 Å². The van der Waals surface area contributed by atoms with E-state index in [1.807, 2.05) is 0 Å². The summed E-state index contributed by atoms with van der Waals surface area (Å²) >= 11 is 0. The molecular formula is C13H16FNO4. The maximum Gasteiger partial charge on any atom is 0.258 e. The van der Waals surface area contributed by atoms with Gasteiger partial charge >= 0.3 is 0 Å². The summed E-state index contributed by atoms with van der Waals surface area (Å²) in [4.78, 5) is 11.5. The Morgan fingerprint density at radius 3 is 2.84 bits per heavy atom. The molecule has 1 aromatic carbocycles. The Hall–Kier alpha value is -1.66. The summed E-state index contributed by atoms with van der Waals surface area (Å²) in [5.74, 6) is -0.288. The summed E-state index contributed by atoms with van der Waals surface area (Å²) in [5, 5.41) is 12.5. The van der Waals surface area contributed by atoms with Gasteiger partial charge in [0.2, 0.25) is 0 Å². The van der Waals surface area contributed by atoms with Crippen LogP contribution >= 0.6 is 0 Å². The second kappa shape index (κ2) is 5.99. The van der Waals surface area contributed by atoms with Gasteiger partial charge in [-0.15, -0.1) is 0 Å². The van der Waals surface area contributed by atoms with E-state index >= 15 is 0 Å². The summed E-state index contributed by atoms with van der Waals surface area (Å²) in [6.07, 6.45) is 0.506. The molecule has 1 heterocycles. The molecule has 0 radical (unpaired) electrons. The molecule has 1 aliphatic rings. The number of rotatable bonds is 5. The van der Waals surface area contributed by atoms with E-state index in [2.05, 4.69) is 5.32 Å². The number of hydrogen-bond donors (Lipinski definition) is 2. The number of halogens is 1. The van der Waals surface area contributed by atoms with Gasteiger partial charge in [-0.2, -0.15) is 0 Å². The molecule has 1 atom stereocenters. The molecule has 0 aromatic heterocycles. The number of aliphatic hydroxyl groups is 1. The number of carbonyl (C=O) groups is 1. The van der Waals surface area contributed by atoms with Crippen LogP contribution in [0.5, 0.6) is 5.75 Å². The predicted octanol–water partition coefficient (Wildman–Crippen LogP) is 0.472. The standard InChI is InChI=1S/C13H16FNO4/c14-10-1-3-11(4-2-10)19-7-12(16)15-8-13(17)5-6-18-9-13/h1-4,17H,5-9H2,(H,15,16)/t13-/m0/s1. The van der Waals surface area contributed by atoms with E-state index in [1.54, 1.807) is 0 Å². The average molecular weight is 269 g/mol. The fourth-order valence-corrected chi connectivity index (χ4v) is 1.73. The minimum Gasteiger partial charge on any atom is -0.484 e. The summed E-state index contributed by atoms with van der Waals surface area (Å²) in [5.41, 5.74) is -0.981. The van der Waals surface area contributed by atoms with Crippen LogP contribution in [0.15, 0.2) is 24.3 Å². The number of benzene rings is 1. The van der Waals surface area contributed by atoms with E-state index < -0.39 is 5.60 Å². The van der Waals surface area contributed by atoms with Gasteiger partial charge in [-0.25, -0.2) is 4.39 Å². The van der Waals surface area contributed by atoms with Crippen molar-refractivity contribution in [1.82, 2.24) is 5.32 Å². The van der Waals surface area contributed by atoms with Crippen LogP contribution in [0, 0.1) is 5.82 Å². The number of carbonyl (C=O) groups excluding carboxylic acids is 1. The van der Waals surface area contributed by atoms with Gasteiger partial charge in [-0.1, -0.05) is 0 Å². The van der Waals surface area contributed by atoms with Crippen molar-refractivity contribution in [2.45, 2.75) is 12.0 Å². The molecule has 0 saturated carbocycles. The Morgan fingerprint density at radius 2 is 2.21 bits per heavy atom. The lowest BCUT2D eigenvalue weighted by Crippen LogP contribution is -2.44. The topological polar surface area (TPSA) is 67.8 Å². The lowest BCUT2D eigenvalue weighted by Gasteiger charge is -2.20. The smallest absolute Gasteiger partial charge is 0.258 e. The first kappa shape index (κ1) is 13.8. The summed E-state index contributed by atoms with van der Waals surface area (Å²) in [7, 11) is 0. The van der Waals surface area contributed by atoms with Crippen LogP contribution in [-0.2, 0) is 9.53 Å². The first-order valence-electron chi connectivity index (χ1n) is 6.03. The fourth-order valence-electron chi connectivity index (χ4n) is 1.73. The third-order valence-corrected chi connectivity index (χ3v) is 2.88. The highest BCUT2D eigenvalue weighted by molar-refractivity contribution is 5.77. The Morgan fingerprint density at radius 1 is 1.47 bits per heavy atom. The highest BCUT2D eigenvalue weighted by Gasteiger charge is 2.32. The van der Waals surface area contributed by atoms with Gasteiger partial charge in [0, 0.05) is 19.6 Å². The Bertz CT molecular complexity index is 429. The zero-order valence-corrected chi connectivity index (χ0v) is 10.4. The molecule has 19 heavy (non-hydrogen) atoms. The average Bonchev–Trinajstić information content (AvgIpc) is 2.83. The van der Waals surface area contributed by atoms with Crippen molar-refractivity contribution in [2.24, 2.45) is 0 Å². The van der Waals surface area contributed by atoms with E-state index in [1.165, 1.54) is 24.3 Å². The van der Waals surface area contributed by atoms with Crippen LogP contribution in [0.4, 0.5) is 4.39 Å². The predicted molar refractivity (Wildman–Crippen MR) is 65.3 cm³/mol. The SMILES string of the molecule is O=C(COc1ccc(F)cc1)NC[C@@]1(O)CCOC1. The van der Waals surface area contributed by atoms with Gasteiger partial charge < -0.3 is 19.9 Å². The number of hydrogen-bond acceptors (Lipinski definition) is 4. The lowest BCUT2D eigenvalue weighted by atomic mass is 10.0. The van der Waals surface area contributed by atoms with Crippen LogP contribution < -0.4 is 10.1 Å². The molecule has 2 rings (SSSR count). The Kier molecular flexibility index (Phi) is 4.34. The van der Waals surface area contributed by atoms with Crippen LogP contribution in [0.3, 0.4) is 0 Å². The normalized spacial score (nSPS) is 22.2. The second-order valence-corrected chi connectivity index (χ2v) is 4.55. The summed E-state index contributed by atoms with van der Waals surface area (Å²) in [6, 6.07) is 5.40. The Balaban J connectivity index is 1.71. The highest BCUT2D eigenvalue weighted by atomic mass is 19.1. The van der Waals surface area contributed by atoms with E-state index in [-0.39, 0.29) is 31.5 Å². The van der Waals surface area contributed by atoms with Crippen LogP contribution in [0.25, 0.3) is 0 Å². The van der Waals surface area contributed by atoms with Gasteiger partial charge in [0.15, 0.2) is 6.61 Å². The zero-order valence-electron chi connectivity index (χ0n) is 10.4. The molecule has 1 aromatic rings. The molecule has 5 nitrogen and oxygen atoms in total. The van der Waals surface area contributed by atoms with E-state index in [4.69, 9.17) is 9.47 Å². The molecule has 104 valence electrons. The monoisotopic (exact) mass is 269 g/mol. The quantitative estimate of drug-likeness (QED) is 0.815. The van der Waals surface area contributed by atoms with Crippen molar-refractivity contribution in [3.8, 4) is 5.75 Å². The van der Waals surface area contributed by atoms with Gasteiger partial charge in [0.25, 0.3) is 5.91 Å². The molecule has 6 heteroatoms. The fraction of sp³-hybridized carbons (Fsp3) is 0.462. The zero-order chi connectivity index (χ0) is 13.7. The number of ether oxygens (including phenoxy) is 2. The minimum atomic E-state index is -0.981. The van der Waals surface area contributed by atoms with Gasteiger partial charge in [-0.05, 0) is 24.3 Å². The van der Waals surface area contributed by atoms with Crippen molar-refractivity contribution in [1.29, 1.82) is 0 Å². The third kappa shape index (κ3) is 4.18. The van der Waals surface area contributed by atoms with Crippen molar-refractivity contribution < 1.29 is 23.8 Å². The van der Waals surface area contributed by atoms with Crippen molar-refractivity contribution in [2.75, 3.05) is 26.4 Å². The van der Waals surface area contributed by atoms with Gasteiger partial charge in [-0.3, -0.25) is 4.79 Å². The van der Waals surface area contributed by atoms with Crippen molar-refractivity contribution in [3.63, 3.8) is 0 Å². The first-order chi connectivity index (χ1) is 9.07. The Labute approximate surface area is 110 Å². The largest absolute Gasteiger partial charge is 0.484 e. The van der Waals surface area contributed by atoms with E-state index in [0.717, 1.165) is 0 Å². The minimum absolute atomic E-state index is 0.138. The molecular weight excluding hydrogens is 253 g/mol. The molecule has 2 N–H and O–H groups in total. The van der Waals surface area contributed by atoms with Crippen molar-refractivity contribution in [3.05, 3.63) is 30.1 Å². The molecule has 1 aliphatic heterocycles.